The number of hydrogen-bond donors (Lipinski definition) is 3. The minimum absolute atomic E-state index is 0.101. The number of aromatic nitrogens is 2. The second-order valence-corrected chi connectivity index (χ2v) is 5.52. The summed E-state index contributed by atoms with van der Waals surface area (Å²) in [6, 6.07) is 12.5. The van der Waals surface area contributed by atoms with Gasteiger partial charge < -0.3 is 24.8 Å². The maximum Gasteiger partial charge on any atom is 0.323 e. The number of nitrogens with one attached hydrogen (secondary N) is 3. The van der Waals surface area contributed by atoms with Crippen LogP contribution in [-0.2, 0) is 4.79 Å². The summed E-state index contributed by atoms with van der Waals surface area (Å²) in [6.07, 6.45) is 0.943. The second kappa shape index (κ2) is 7.57. The molecule has 0 radical (unpaired) electrons. The summed E-state index contributed by atoms with van der Waals surface area (Å²) < 4.78 is 10.7. The van der Waals surface area contributed by atoms with Crippen LogP contribution in [0.3, 0.4) is 0 Å². The molecule has 3 rings (SSSR count). The van der Waals surface area contributed by atoms with E-state index in [0.29, 0.717) is 36.2 Å². The molecule has 3 aromatic rings. The van der Waals surface area contributed by atoms with Crippen molar-refractivity contribution in [2.75, 3.05) is 19.0 Å². The SMILES string of the molecule is COc1ccc(OCCCC(=O)Nc2ccc3[nH]c(=O)[nH]c3c2)cc1. The molecule has 0 saturated carbocycles. The molecule has 1 aromatic heterocycles. The highest BCUT2D eigenvalue weighted by atomic mass is 16.5. The van der Waals surface area contributed by atoms with Crippen LogP contribution in [0.25, 0.3) is 11.0 Å². The van der Waals surface area contributed by atoms with E-state index in [-0.39, 0.29) is 11.6 Å². The molecule has 0 atom stereocenters. The van der Waals surface area contributed by atoms with Gasteiger partial charge in [-0.1, -0.05) is 0 Å². The van der Waals surface area contributed by atoms with Gasteiger partial charge in [-0.05, 0) is 48.9 Å². The third-order valence-corrected chi connectivity index (χ3v) is 3.68. The molecule has 0 fully saturated rings. The Kier molecular flexibility index (Phi) is 5.03. The molecule has 130 valence electrons. The Bertz CT molecular complexity index is 912. The summed E-state index contributed by atoms with van der Waals surface area (Å²) in [4.78, 5) is 28.5. The van der Waals surface area contributed by atoms with Crippen molar-refractivity contribution in [3.63, 3.8) is 0 Å². The summed E-state index contributed by atoms with van der Waals surface area (Å²) in [5, 5.41) is 2.81. The van der Waals surface area contributed by atoms with Crippen LogP contribution in [0.5, 0.6) is 11.5 Å². The zero-order valence-corrected chi connectivity index (χ0v) is 13.8. The molecule has 0 aliphatic heterocycles. The maximum atomic E-state index is 12.0. The van der Waals surface area contributed by atoms with Crippen LogP contribution < -0.4 is 20.5 Å². The lowest BCUT2D eigenvalue weighted by molar-refractivity contribution is -0.116. The average molecular weight is 341 g/mol. The fourth-order valence-corrected chi connectivity index (χ4v) is 2.43. The first kappa shape index (κ1) is 16.6. The van der Waals surface area contributed by atoms with Crippen molar-refractivity contribution in [3.8, 4) is 11.5 Å². The van der Waals surface area contributed by atoms with Crippen molar-refractivity contribution in [3.05, 3.63) is 52.9 Å². The fourth-order valence-electron chi connectivity index (χ4n) is 2.43. The predicted molar refractivity (Wildman–Crippen MR) is 95.3 cm³/mol. The molecule has 3 N–H and O–H groups in total. The number of rotatable bonds is 7. The molecule has 7 heteroatoms. The van der Waals surface area contributed by atoms with Crippen LogP contribution >= 0.6 is 0 Å². The third-order valence-electron chi connectivity index (χ3n) is 3.68. The van der Waals surface area contributed by atoms with Crippen molar-refractivity contribution in [2.45, 2.75) is 12.8 Å². The minimum atomic E-state index is -0.269. The van der Waals surface area contributed by atoms with E-state index >= 15 is 0 Å². The van der Waals surface area contributed by atoms with Crippen molar-refractivity contribution in [2.24, 2.45) is 0 Å². The van der Waals surface area contributed by atoms with E-state index in [2.05, 4.69) is 15.3 Å². The zero-order valence-electron chi connectivity index (χ0n) is 13.8. The maximum absolute atomic E-state index is 12.0. The number of imidazole rings is 1. The van der Waals surface area contributed by atoms with Gasteiger partial charge in [0.15, 0.2) is 0 Å². The zero-order chi connectivity index (χ0) is 17.6. The Hall–Kier alpha value is -3.22. The highest BCUT2D eigenvalue weighted by molar-refractivity contribution is 5.92. The highest BCUT2D eigenvalue weighted by Gasteiger charge is 2.05. The number of methoxy groups -OCH3 is 1. The number of fused-ring (bicyclic) bond motifs is 1. The summed E-state index contributed by atoms with van der Waals surface area (Å²) in [5.41, 5.74) is 1.74. The van der Waals surface area contributed by atoms with E-state index < -0.39 is 0 Å². The van der Waals surface area contributed by atoms with Crippen LogP contribution in [-0.4, -0.2) is 29.6 Å². The molecule has 1 heterocycles. The molecular weight excluding hydrogens is 322 g/mol. The molecule has 0 unspecified atom stereocenters. The second-order valence-electron chi connectivity index (χ2n) is 5.52. The van der Waals surface area contributed by atoms with E-state index in [9.17, 15) is 9.59 Å². The molecule has 2 aromatic carbocycles. The number of anilines is 1. The number of benzene rings is 2. The van der Waals surface area contributed by atoms with Crippen LogP contribution in [0.2, 0.25) is 0 Å². The van der Waals surface area contributed by atoms with Crippen molar-refractivity contribution < 1.29 is 14.3 Å². The topological polar surface area (TPSA) is 96.2 Å². The van der Waals surface area contributed by atoms with Gasteiger partial charge in [0, 0.05) is 12.1 Å². The molecule has 25 heavy (non-hydrogen) atoms. The van der Waals surface area contributed by atoms with Gasteiger partial charge in [-0.3, -0.25) is 4.79 Å². The lowest BCUT2D eigenvalue weighted by Crippen LogP contribution is -2.12. The van der Waals surface area contributed by atoms with E-state index in [1.54, 1.807) is 25.3 Å². The van der Waals surface area contributed by atoms with Crippen LogP contribution in [0.15, 0.2) is 47.3 Å². The molecule has 1 amide bonds. The number of amides is 1. The van der Waals surface area contributed by atoms with Gasteiger partial charge >= 0.3 is 5.69 Å². The van der Waals surface area contributed by atoms with Gasteiger partial charge in [0.25, 0.3) is 0 Å². The minimum Gasteiger partial charge on any atom is -0.497 e. The van der Waals surface area contributed by atoms with E-state index in [1.807, 2.05) is 24.3 Å². The Labute approximate surface area is 144 Å². The predicted octanol–water partition coefficient (Wildman–Crippen LogP) is 2.66. The number of H-pyrrole nitrogens is 2. The number of ether oxygens (including phenoxy) is 2. The number of carbonyl (C=O) groups is 1. The number of hydrogen-bond acceptors (Lipinski definition) is 4. The highest BCUT2D eigenvalue weighted by Crippen LogP contribution is 2.17. The molecule has 0 aliphatic rings. The molecule has 0 saturated heterocycles. The first-order valence-corrected chi connectivity index (χ1v) is 7.93. The smallest absolute Gasteiger partial charge is 0.323 e. The van der Waals surface area contributed by atoms with Gasteiger partial charge in [0.2, 0.25) is 5.91 Å². The molecule has 0 spiro atoms. The van der Waals surface area contributed by atoms with Gasteiger partial charge in [-0.25, -0.2) is 4.79 Å². The van der Waals surface area contributed by atoms with Gasteiger partial charge in [0.1, 0.15) is 11.5 Å². The average Bonchev–Trinajstić information content (AvgIpc) is 2.98. The molecule has 0 aliphatic carbocycles. The van der Waals surface area contributed by atoms with Gasteiger partial charge in [-0.15, -0.1) is 0 Å². The molecule has 7 nitrogen and oxygen atoms in total. The van der Waals surface area contributed by atoms with Gasteiger partial charge in [0.05, 0.1) is 24.8 Å². The normalized spacial score (nSPS) is 10.6. The lowest BCUT2D eigenvalue weighted by Gasteiger charge is -2.08. The Balaban J connectivity index is 1.44. The Morgan fingerprint density at radius 2 is 1.76 bits per heavy atom. The fraction of sp³-hybridized carbons (Fsp3) is 0.222. The van der Waals surface area contributed by atoms with E-state index in [0.717, 1.165) is 11.5 Å². The van der Waals surface area contributed by atoms with E-state index in [1.165, 1.54) is 0 Å². The van der Waals surface area contributed by atoms with Crippen LogP contribution in [0.4, 0.5) is 5.69 Å². The quantitative estimate of drug-likeness (QED) is 0.576. The Morgan fingerprint density at radius 3 is 2.52 bits per heavy atom. The summed E-state index contributed by atoms with van der Waals surface area (Å²) in [5.74, 6) is 1.41. The number of aromatic amines is 2. The standard InChI is InChI=1S/C18H19N3O4/c1-24-13-5-7-14(8-6-13)25-10-2-3-17(22)19-12-4-9-15-16(11-12)21-18(23)20-15/h4-9,11H,2-3,10H2,1H3,(H,19,22)(H2,20,21,23). The Morgan fingerprint density at radius 1 is 1.04 bits per heavy atom. The first-order valence-electron chi connectivity index (χ1n) is 7.93. The van der Waals surface area contributed by atoms with E-state index in [4.69, 9.17) is 9.47 Å². The summed E-state index contributed by atoms with van der Waals surface area (Å²) >= 11 is 0. The number of carbonyl (C=O) groups excluding carboxylic acids is 1. The van der Waals surface area contributed by atoms with Crippen molar-refractivity contribution in [1.29, 1.82) is 0 Å². The largest absolute Gasteiger partial charge is 0.497 e. The summed E-state index contributed by atoms with van der Waals surface area (Å²) in [7, 11) is 1.61. The summed E-state index contributed by atoms with van der Waals surface area (Å²) in [6.45, 7) is 0.448. The first-order chi connectivity index (χ1) is 12.1. The van der Waals surface area contributed by atoms with Crippen molar-refractivity contribution >= 4 is 22.6 Å². The van der Waals surface area contributed by atoms with Crippen LogP contribution in [0.1, 0.15) is 12.8 Å². The van der Waals surface area contributed by atoms with Crippen LogP contribution in [0, 0.1) is 0 Å². The van der Waals surface area contributed by atoms with Crippen molar-refractivity contribution in [1.82, 2.24) is 9.97 Å². The lowest BCUT2D eigenvalue weighted by atomic mass is 10.2. The molecule has 0 bridgehead atoms. The monoisotopic (exact) mass is 341 g/mol. The molecular formula is C18H19N3O4. The van der Waals surface area contributed by atoms with Gasteiger partial charge in [-0.2, -0.15) is 0 Å². The third kappa shape index (κ3) is 4.41.